The molecule has 2 aromatic carbocycles. The third-order valence-corrected chi connectivity index (χ3v) is 8.83. The van der Waals surface area contributed by atoms with Gasteiger partial charge in [-0.05, 0) is 50.6 Å². The lowest BCUT2D eigenvalue weighted by Gasteiger charge is -2.42. The maximum atomic E-state index is 14.1. The number of amides is 2. The van der Waals surface area contributed by atoms with Crippen molar-refractivity contribution in [2.75, 3.05) is 39.3 Å². The van der Waals surface area contributed by atoms with Crippen molar-refractivity contribution in [2.45, 2.75) is 37.8 Å². The zero-order chi connectivity index (χ0) is 27.4. The van der Waals surface area contributed by atoms with E-state index < -0.39 is 33.9 Å². The van der Waals surface area contributed by atoms with Crippen LogP contribution in [-0.4, -0.2) is 79.9 Å². The number of nitrogens with one attached hydrogen (secondary N) is 1. The van der Waals surface area contributed by atoms with E-state index in [-0.39, 0.29) is 36.2 Å². The monoisotopic (exact) mass is 544 g/mol. The van der Waals surface area contributed by atoms with Gasteiger partial charge < -0.3 is 10.1 Å². The molecule has 1 N–H and O–H groups in total. The molecular formula is C27H33FN4O5S. The van der Waals surface area contributed by atoms with Gasteiger partial charge >= 0.3 is 12.0 Å². The number of esters is 1. The molecule has 0 saturated carbocycles. The number of urea groups is 1. The fourth-order valence-corrected chi connectivity index (χ4v) is 6.68. The fourth-order valence-electron chi connectivity index (χ4n) is 5.05. The summed E-state index contributed by atoms with van der Waals surface area (Å²) in [6.07, 6.45) is 0. The van der Waals surface area contributed by atoms with E-state index in [1.807, 2.05) is 11.8 Å². The first-order chi connectivity index (χ1) is 18.2. The molecule has 1 saturated heterocycles. The summed E-state index contributed by atoms with van der Waals surface area (Å²) >= 11 is 0. The van der Waals surface area contributed by atoms with Crippen molar-refractivity contribution in [3.05, 3.63) is 77.2 Å². The highest BCUT2D eigenvalue weighted by molar-refractivity contribution is 7.89. The molecule has 2 aliphatic heterocycles. The first-order valence-corrected chi connectivity index (χ1v) is 14.1. The van der Waals surface area contributed by atoms with Crippen LogP contribution >= 0.6 is 0 Å². The molecule has 9 nitrogen and oxygen atoms in total. The van der Waals surface area contributed by atoms with Crippen molar-refractivity contribution in [2.24, 2.45) is 0 Å². The molecule has 2 atom stereocenters. The first kappa shape index (κ1) is 27.7. The average molecular weight is 545 g/mol. The number of ether oxygens (including phenoxy) is 1. The maximum absolute atomic E-state index is 14.1. The van der Waals surface area contributed by atoms with Gasteiger partial charge in [-0.3, -0.25) is 9.80 Å². The number of piperazine rings is 1. The molecule has 2 unspecified atom stereocenters. The third-order valence-electron chi connectivity index (χ3n) is 6.81. The summed E-state index contributed by atoms with van der Waals surface area (Å²) in [4.78, 5) is 30.1. The zero-order valence-corrected chi connectivity index (χ0v) is 22.6. The van der Waals surface area contributed by atoms with E-state index in [0.29, 0.717) is 30.9 Å². The Morgan fingerprint density at radius 3 is 2.47 bits per heavy atom. The summed E-state index contributed by atoms with van der Waals surface area (Å²) in [6.45, 7) is 7.07. The number of rotatable bonds is 8. The molecule has 2 aromatic rings. The number of hydrogen-bond donors (Lipinski definition) is 1. The second-order valence-electron chi connectivity index (χ2n) is 9.28. The highest BCUT2D eigenvalue weighted by Gasteiger charge is 2.40. The summed E-state index contributed by atoms with van der Waals surface area (Å²) in [7, 11) is -3.66. The lowest BCUT2D eigenvalue weighted by molar-refractivity contribution is -0.139. The molecule has 0 bridgehead atoms. The van der Waals surface area contributed by atoms with Crippen LogP contribution in [0.25, 0.3) is 0 Å². The van der Waals surface area contributed by atoms with E-state index in [1.54, 1.807) is 50.2 Å². The second-order valence-corrected chi connectivity index (χ2v) is 11.2. The van der Waals surface area contributed by atoms with Gasteiger partial charge in [0.25, 0.3) is 0 Å². The highest BCUT2D eigenvalue weighted by Crippen LogP contribution is 2.33. The second kappa shape index (κ2) is 11.6. The Kier molecular flexibility index (Phi) is 8.49. The standard InChI is InChI=1S/C27H33FN4O5S/c1-4-31-23(18-30-14-15-32(19(3)17-30)38(35,36)22-12-7-6-8-13-22)24(26(33)37-5-2)25(29-27(31)34)20-10-9-11-21(28)16-20/h6-13,16,19,25H,4-5,14-15,17-18H2,1-3H3,(H,29,34). The summed E-state index contributed by atoms with van der Waals surface area (Å²) < 4.78 is 47.4. The van der Waals surface area contributed by atoms with Crippen LogP contribution in [0.3, 0.4) is 0 Å². The number of carbonyl (C=O) groups is 2. The Bertz CT molecular complexity index is 1320. The van der Waals surface area contributed by atoms with Crippen LogP contribution in [0.15, 0.2) is 70.8 Å². The molecular weight excluding hydrogens is 511 g/mol. The van der Waals surface area contributed by atoms with Gasteiger partial charge in [0.2, 0.25) is 10.0 Å². The minimum atomic E-state index is -3.66. The smallest absolute Gasteiger partial charge is 0.338 e. The number of hydrogen-bond acceptors (Lipinski definition) is 6. The minimum Gasteiger partial charge on any atom is -0.463 e. The maximum Gasteiger partial charge on any atom is 0.338 e. The van der Waals surface area contributed by atoms with E-state index >= 15 is 0 Å². The molecule has 2 heterocycles. The van der Waals surface area contributed by atoms with Crippen molar-refractivity contribution < 1.29 is 27.1 Å². The van der Waals surface area contributed by atoms with Crippen LogP contribution in [0, 0.1) is 5.82 Å². The summed E-state index contributed by atoms with van der Waals surface area (Å²) in [5.74, 6) is -1.07. The normalized spacial score (nSPS) is 21.4. The SMILES string of the molecule is CCOC(=O)C1=C(CN2CCN(S(=O)(=O)c3ccccc3)C(C)C2)N(CC)C(=O)NC1c1cccc(F)c1. The Balaban J connectivity index is 1.66. The van der Waals surface area contributed by atoms with Crippen molar-refractivity contribution in [3.8, 4) is 0 Å². The molecule has 2 aliphatic rings. The van der Waals surface area contributed by atoms with Gasteiger partial charge in [0.1, 0.15) is 5.82 Å². The molecule has 2 amide bonds. The van der Waals surface area contributed by atoms with Crippen molar-refractivity contribution in [3.63, 3.8) is 0 Å². The summed E-state index contributed by atoms with van der Waals surface area (Å²) in [5, 5.41) is 2.83. The molecule has 0 spiro atoms. The molecule has 4 rings (SSSR count). The Morgan fingerprint density at radius 2 is 1.84 bits per heavy atom. The number of benzene rings is 2. The van der Waals surface area contributed by atoms with Crippen molar-refractivity contribution >= 4 is 22.0 Å². The minimum absolute atomic E-state index is 0.138. The van der Waals surface area contributed by atoms with Gasteiger partial charge in [-0.15, -0.1) is 0 Å². The largest absolute Gasteiger partial charge is 0.463 e. The zero-order valence-electron chi connectivity index (χ0n) is 21.8. The molecule has 0 aliphatic carbocycles. The van der Waals surface area contributed by atoms with Crippen LogP contribution in [-0.2, 0) is 19.6 Å². The van der Waals surface area contributed by atoms with Gasteiger partial charge in [0.05, 0.1) is 23.1 Å². The predicted molar refractivity (Wildman–Crippen MR) is 140 cm³/mol. The third kappa shape index (κ3) is 5.59. The van der Waals surface area contributed by atoms with Crippen LogP contribution in [0.2, 0.25) is 0 Å². The van der Waals surface area contributed by atoms with E-state index in [0.717, 1.165) is 0 Å². The molecule has 38 heavy (non-hydrogen) atoms. The van der Waals surface area contributed by atoms with Crippen LogP contribution < -0.4 is 5.32 Å². The topological polar surface area (TPSA) is 99.3 Å². The fraction of sp³-hybridized carbons (Fsp3) is 0.407. The van der Waals surface area contributed by atoms with Crippen LogP contribution in [0.5, 0.6) is 0 Å². The average Bonchev–Trinajstić information content (AvgIpc) is 2.89. The highest BCUT2D eigenvalue weighted by atomic mass is 32.2. The molecule has 0 aromatic heterocycles. The van der Waals surface area contributed by atoms with Gasteiger partial charge in [0.15, 0.2) is 0 Å². The number of sulfonamides is 1. The van der Waals surface area contributed by atoms with E-state index in [1.165, 1.54) is 27.4 Å². The van der Waals surface area contributed by atoms with Crippen LogP contribution in [0.1, 0.15) is 32.4 Å². The first-order valence-electron chi connectivity index (χ1n) is 12.7. The molecule has 204 valence electrons. The quantitative estimate of drug-likeness (QED) is 0.513. The molecule has 11 heteroatoms. The van der Waals surface area contributed by atoms with Gasteiger partial charge in [-0.2, -0.15) is 4.31 Å². The number of nitrogens with zero attached hydrogens (tertiary/aromatic N) is 3. The van der Waals surface area contributed by atoms with Crippen molar-refractivity contribution in [1.29, 1.82) is 0 Å². The number of halogens is 1. The van der Waals surface area contributed by atoms with Gasteiger partial charge in [-0.1, -0.05) is 30.3 Å². The Hall–Kier alpha value is -3.28. The van der Waals surface area contributed by atoms with Gasteiger partial charge in [0, 0.05) is 44.5 Å². The predicted octanol–water partition coefficient (Wildman–Crippen LogP) is 3.12. The summed E-state index contributed by atoms with van der Waals surface area (Å²) in [6, 6.07) is 12.5. The molecule has 0 radical (unpaired) electrons. The van der Waals surface area contributed by atoms with Gasteiger partial charge in [-0.25, -0.2) is 22.4 Å². The van der Waals surface area contributed by atoms with E-state index in [9.17, 15) is 22.4 Å². The van der Waals surface area contributed by atoms with Crippen LogP contribution in [0.4, 0.5) is 9.18 Å². The van der Waals surface area contributed by atoms with E-state index in [2.05, 4.69) is 5.32 Å². The lowest BCUT2D eigenvalue weighted by Crippen LogP contribution is -2.56. The van der Waals surface area contributed by atoms with E-state index in [4.69, 9.17) is 4.74 Å². The number of likely N-dealkylation sites (N-methyl/N-ethyl adjacent to an activating group) is 1. The van der Waals surface area contributed by atoms with Crippen molar-refractivity contribution in [1.82, 2.24) is 19.4 Å². The number of carbonyl (C=O) groups excluding carboxylic acids is 2. The Morgan fingerprint density at radius 1 is 1.11 bits per heavy atom. The molecule has 1 fully saturated rings. The Labute approximate surface area is 222 Å². The summed E-state index contributed by atoms with van der Waals surface area (Å²) in [5.41, 5.74) is 1.14. The lowest BCUT2D eigenvalue weighted by atomic mass is 9.94.